The number of hydrogen-bond acceptors (Lipinski definition) is 11. The molecule has 2 rings (SSSR count). The van der Waals surface area contributed by atoms with E-state index in [2.05, 4.69) is 5.32 Å². The van der Waals surface area contributed by atoms with E-state index in [1.54, 1.807) is 12.1 Å². The Kier molecular flexibility index (Phi) is 8.74. The summed E-state index contributed by atoms with van der Waals surface area (Å²) >= 11 is 0. The predicted octanol–water partition coefficient (Wildman–Crippen LogP) is 1.59. The van der Waals surface area contributed by atoms with Gasteiger partial charge in [-0.05, 0) is 31.5 Å². The summed E-state index contributed by atoms with van der Waals surface area (Å²) in [4.78, 5) is 57.3. The fraction of sp³-hybridized carbons (Fsp3) is 0.524. The van der Waals surface area contributed by atoms with E-state index in [1.807, 2.05) is 0 Å². The third-order valence-electron chi connectivity index (χ3n) is 4.58. The van der Waals surface area contributed by atoms with Crippen molar-refractivity contribution in [3.05, 3.63) is 29.8 Å². The first-order valence-electron chi connectivity index (χ1n) is 10.0. The van der Waals surface area contributed by atoms with Crippen molar-refractivity contribution in [1.82, 2.24) is 0 Å². The van der Waals surface area contributed by atoms with E-state index in [0.717, 1.165) is 20.8 Å². The Hall–Kier alpha value is -3.22. The average Bonchev–Trinajstić information content (AvgIpc) is 2.72. The minimum atomic E-state index is -1.93. The highest BCUT2D eigenvalue weighted by atomic mass is 17.2. The van der Waals surface area contributed by atoms with Gasteiger partial charge in [0, 0.05) is 26.5 Å². The molecule has 0 aromatic heterocycles. The molecule has 1 aliphatic rings. The molecule has 5 atom stereocenters. The Labute approximate surface area is 190 Å². The summed E-state index contributed by atoms with van der Waals surface area (Å²) in [7, 11) is 0. The number of aliphatic hydroxyl groups is 1. The van der Waals surface area contributed by atoms with Crippen LogP contribution >= 0.6 is 0 Å². The standard InChI is InChI=1S/C21H27NO11/c1-11-17(28-12(2)24)18(29-13(3)25)19(30-14(4)26)21(5,31-11)33-32-20(27)22-16-8-6-15(10-23)7-9-16/h6-9,11,17-19,23H,10H2,1-5H3,(H,22,27)/t11-,17-,18+,19-,21+/m1/s1. The summed E-state index contributed by atoms with van der Waals surface area (Å²) in [6, 6.07) is 6.27. The van der Waals surface area contributed by atoms with Crippen LogP contribution in [0.2, 0.25) is 0 Å². The number of aliphatic hydroxyl groups excluding tert-OH is 1. The van der Waals surface area contributed by atoms with E-state index >= 15 is 0 Å². The third-order valence-corrected chi connectivity index (χ3v) is 4.58. The maximum absolute atomic E-state index is 12.2. The monoisotopic (exact) mass is 469 g/mol. The summed E-state index contributed by atoms with van der Waals surface area (Å²) in [5, 5.41) is 11.5. The number of benzene rings is 1. The first-order valence-corrected chi connectivity index (χ1v) is 10.0. The van der Waals surface area contributed by atoms with Gasteiger partial charge in [0.05, 0.1) is 12.7 Å². The molecule has 0 aliphatic carbocycles. The molecule has 0 saturated carbocycles. The second kappa shape index (κ2) is 11.1. The summed E-state index contributed by atoms with van der Waals surface area (Å²) < 4.78 is 21.5. The van der Waals surface area contributed by atoms with E-state index in [4.69, 9.17) is 33.8 Å². The lowest BCUT2D eigenvalue weighted by atomic mass is 9.93. The number of hydrogen-bond donors (Lipinski definition) is 2. The van der Waals surface area contributed by atoms with Crippen molar-refractivity contribution >= 4 is 29.7 Å². The van der Waals surface area contributed by atoms with Crippen LogP contribution in [0.1, 0.15) is 40.2 Å². The van der Waals surface area contributed by atoms with Gasteiger partial charge in [0.1, 0.15) is 0 Å². The number of amides is 1. The molecule has 0 unspecified atom stereocenters. The van der Waals surface area contributed by atoms with Gasteiger partial charge < -0.3 is 24.1 Å². The minimum absolute atomic E-state index is 0.156. The highest BCUT2D eigenvalue weighted by molar-refractivity contribution is 5.84. The lowest BCUT2D eigenvalue weighted by Gasteiger charge is -2.47. The summed E-state index contributed by atoms with van der Waals surface area (Å²) in [5.41, 5.74) is 0.999. The molecule has 1 aliphatic heterocycles. The summed E-state index contributed by atoms with van der Waals surface area (Å²) in [6.45, 7) is 6.05. The number of nitrogens with one attached hydrogen (secondary N) is 1. The molecule has 1 aromatic carbocycles. The zero-order chi connectivity index (χ0) is 24.8. The van der Waals surface area contributed by atoms with Gasteiger partial charge in [0.2, 0.25) is 0 Å². The molecule has 12 nitrogen and oxygen atoms in total. The molecule has 0 radical (unpaired) electrons. The van der Waals surface area contributed by atoms with Crippen LogP contribution in [-0.2, 0) is 49.7 Å². The van der Waals surface area contributed by atoms with Gasteiger partial charge in [0.25, 0.3) is 5.79 Å². The Morgan fingerprint density at radius 2 is 1.52 bits per heavy atom. The van der Waals surface area contributed by atoms with Gasteiger partial charge in [-0.15, -0.1) is 4.89 Å². The van der Waals surface area contributed by atoms with Crippen LogP contribution in [0.15, 0.2) is 24.3 Å². The van der Waals surface area contributed by atoms with Crippen molar-refractivity contribution in [2.45, 2.75) is 71.4 Å². The fourth-order valence-electron chi connectivity index (χ4n) is 3.29. The molecule has 1 amide bonds. The Morgan fingerprint density at radius 3 is 2.03 bits per heavy atom. The molecular weight excluding hydrogens is 442 g/mol. The van der Waals surface area contributed by atoms with Crippen LogP contribution in [0, 0.1) is 0 Å². The minimum Gasteiger partial charge on any atom is -0.456 e. The molecule has 0 spiro atoms. The maximum Gasteiger partial charge on any atom is 0.443 e. The molecule has 0 bridgehead atoms. The van der Waals surface area contributed by atoms with E-state index in [1.165, 1.54) is 26.0 Å². The maximum atomic E-state index is 12.2. The van der Waals surface area contributed by atoms with Crippen molar-refractivity contribution in [3.63, 3.8) is 0 Å². The summed E-state index contributed by atoms with van der Waals surface area (Å²) in [6.07, 6.45) is -5.85. The van der Waals surface area contributed by atoms with E-state index in [0.29, 0.717) is 11.3 Å². The lowest BCUT2D eigenvalue weighted by Crippen LogP contribution is -2.66. The fourth-order valence-corrected chi connectivity index (χ4v) is 3.29. The Morgan fingerprint density at radius 1 is 0.970 bits per heavy atom. The molecule has 33 heavy (non-hydrogen) atoms. The van der Waals surface area contributed by atoms with Gasteiger partial charge in [-0.3, -0.25) is 24.6 Å². The number of carbonyl (C=O) groups is 4. The quantitative estimate of drug-likeness (QED) is 0.259. The molecule has 1 fully saturated rings. The van der Waals surface area contributed by atoms with Gasteiger partial charge in [-0.2, -0.15) is 0 Å². The van der Waals surface area contributed by atoms with E-state index in [-0.39, 0.29) is 6.61 Å². The molecule has 12 heteroatoms. The van der Waals surface area contributed by atoms with E-state index in [9.17, 15) is 19.2 Å². The number of ether oxygens (including phenoxy) is 4. The largest absolute Gasteiger partial charge is 0.456 e. The Balaban J connectivity index is 2.21. The predicted molar refractivity (Wildman–Crippen MR) is 109 cm³/mol. The van der Waals surface area contributed by atoms with Crippen LogP contribution in [-0.4, -0.2) is 59.3 Å². The first kappa shape index (κ1) is 26.0. The highest BCUT2D eigenvalue weighted by Crippen LogP contribution is 2.36. The van der Waals surface area contributed by atoms with Crippen molar-refractivity contribution in [2.24, 2.45) is 0 Å². The molecule has 2 N–H and O–H groups in total. The molecule has 1 heterocycles. The lowest BCUT2D eigenvalue weighted by molar-refractivity contribution is -0.445. The molecule has 1 saturated heterocycles. The van der Waals surface area contributed by atoms with Crippen LogP contribution in [0.25, 0.3) is 0 Å². The number of esters is 3. The third kappa shape index (κ3) is 7.14. The van der Waals surface area contributed by atoms with Gasteiger partial charge in [-0.1, -0.05) is 12.1 Å². The van der Waals surface area contributed by atoms with Crippen LogP contribution in [0.4, 0.5) is 10.5 Å². The zero-order valence-corrected chi connectivity index (χ0v) is 18.9. The Bertz CT molecular complexity index is 871. The molecular formula is C21H27NO11. The second-order valence-corrected chi connectivity index (χ2v) is 7.45. The zero-order valence-electron chi connectivity index (χ0n) is 18.9. The molecule has 1 aromatic rings. The van der Waals surface area contributed by atoms with Crippen LogP contribution in [0.5, 0.6) is 0 Å². The van der Waals surface area contributed by atoms with Crippen molar-refractivity contribution < 1.29 is 53.0 Å². The summed E-state index contributed by atoms with van der Waals surface area (Å²) in [5.74, 6) is -4.13. The highest BCUT2D eigenvalue weighted by Gasteiger charge is 2.59. The smallest absolute Gasteiger partial charge is 0.443 e. The SMILES string of the molecule is CC(=O)O[C@H]1[C@H](OC(C)=O)[C@@H](C)O[C@@](C)(OOC(=O)Nc2ccc(CO)cc2)[C@@H]1OC(C)=O. The number of anilines is 1. The van der Waals surface area contributed by atoms with Crippen molar-refractivity contribution in [2.75, 3.05) is 5.32 Å². The first-order chi connectivity index (χ1) is 15.4. The van der Waals surface area contributed by atoms with Gasteiger partial charge >= 0.3 is 24.0 Å². The van der Waals surface area contributed by atoms with Gasteiger partial charge in [0.15, 0.2) is 18.3 Å². The number of rotatable bonds is 7. The van der Waals surface area contributed by atoms with Crippen LogP contribution < -0.4 is 5.32 Å². The average molecular weight is 469 g/mol. The molecule has 182 valence electrons. The topological polar surface area (TPSA) is 156 Å². The van der Waals surface area contributed by atoms with Gasteiger partial charge in [-0.25, -0.2) is 4.79 Å². The van der Waals surface area contributed by atoms with Crippen LogP contribution in [0.3, 0.4) is 0 Å². The normalized spacial score (nSPS) is 26.6. The van der Waals surface area contributed by atoms with Crippen molar-refractivity contribution in [1.29, 1.82) is 0 Å². The van der Waals surface area contributed by atoms with Crippen molar-refractivity contribution in [3.8, 4) is 0 Å². The number of carbonyl (C=O) groups excluding carboxylic acids is 4. The van der Waals surface area contributed by atoms with E-state index < -0.39 is 54.2 Å². The second-order valence-electron chi connectivity index (χ2n) is 7.45.